The van der Waals surface area contributed by atoms with Crippen LogP contribution in [0.5, 0.6) is 0 Å². The van der Waals surface area contributed by atoms with Crippen LogP contribution < -0.4 is 0 Å². The van der Waals surface area contributed by atoms with Crippen LogP contribution in [-0.4, -0.2) is 12.1 Å². The van der Waals surface area contributed by atoms with E-state index in [4.69, 9.17) is 4.74 Å². The lowest BCUT2D eigenvalue weighted by Gasteiger charge is -2.08. The van der Waals surface area contributed by atoms with Crippen molar-refractivity contribution in [3.63, 3.8) is 0 Å². The van der Waals surface area contributed by atoms with Crippen molar-refractivity contribution >= 4 is 10.9 Å². The lowest BCUT2D eigenvalue weighted by molar-refractivity contribution is 0.184. The number of aromatic nitrogens is 1. The molecule has 0 aliphatic rings. The van der Waals surface area contributed by atoms with E-state index in [-0.39, 0.29) is 0 Å². The summed E-state index contributed by atoms with van der Waals surface area (Å²) < 4.78 is 5.12. The van der Waals surface area contributed by atoms with Gasteiger partial charge in [0.15, 0.2) is 0 Å². The van der Waals surface area contributed by atoms with Crippen LogP contribution in [0.4, 0.5) is 0 Å². The van der Waals surface area contributed by atoms with Gasteiger partial charge in [0.25, 0.3) is 0 Å². The third-order valence-electron chi connectivity index (χ3n) is 3.44. The molecule has 0 saturated carbocycles. The van der Waals surface area contributed by atoms with Gasteiger partial charge in [-0.2, -0.15) is 5.26 Å². The molecule has 1 heterocycles. The Morgan fingerprint density at radius 1 is 1.20 bits per heavy atom. The van der Waals surface area contributed by atoms with Crippen molar-refractivity contribution in [1.82, 2.24) is 4.98 Å². The zero-order valence-corrected chi connectivity index (χ0v) is 11.2. The molecule has 3 aromatic rings. The van der Waals surface area contributed by atoms with Gasteiger partial charge in [0, 0.05) is 24.2 Å². The third-order valence-corrected chi connectivity index (χ3v) is 3.44. The largest absolute Gasteiger partial charge is 0.380 e. The molecule has 3 rings (SSSR count). The molecule has 3 nitrogen and oxygen atoms in total. The van der Waals surface area contributed by atoms with E-state index < -0.39 is 0 Å². The van der Waals surface area contributed by atoms with Gasteiger partial charge in [0.05, 0.1) is 18.2 Å². The van der Waals surface area contributed by atoms with E-state index in [0.29, 0.717) is 12.2 Å². The molecule has 0 radical (unpaired) electrons. The molecule has 0 fully saturated rings. The van der Waals surface area contributed by atoms with Gasteiger partial charge in [-0.3, -0.25) is 0 Å². The van der Waals surface area contributed by atoms with E-state index >= 15 is 0 Å². The molecule has 1 aromatic heterocycles. The maximum Gasteiger partial charge on any atom is 0.0995 e. The molecular weight excluding hydrogens is 248 g/mol. The van der Waals surface area contributed by atoms with Crippen molar-refractivity contribution in [2.24, 2.45) is 0 Å². The van der Waals surface area contributed by atoms with Crippen LogP contribution in [0.1, 0.15) is 11.1 Å². The van der Waals surface area contributed by atoms with Crippen LogP contribution >= 0.6 is 0 Å². The minimum Gasteiger partial charge on any atom is -0.380 e. The highest BCUT2D eigenvalue weighted by Crippen LogP contribution is 2.29. The third kappa shape index (κ3) is 2.07. The molecule has 0 saturated heterocycles. The summed E-state index contributed by atoms with van der Waals surface area (Å²) in [6.07, 6.45) is 1.93. The Balaban J connectivity index is 2.15. The molecule has 1 N–H and O–H groups in total. The Hall–Kier alpha value is -2.57. The maximum absolute atomic E-state index is 9.28. The van der Waals surface area contributed by atoms with Gasteiger partial charge >= 0.3 is 0 Å². The number of aromatic amines is 1. The number of fused-ring (bicyclic) bond motifs is 1. The SMILES string of the molecule is COCc1ccc(-c2cccc3[nH]ccc23)cc1C#N. The smallest absolute Gasteiger partial charge is 0.0995 e. The summed E-state index contributed by atoms with van der Waals surface area (Å²) in [5.41, 5.74) is 4.86. The zero-order valence-electron chi connectivity index (χ0n) is 11.2. The molecule has 0 spiro atoms. The molecule has 2 aromatic carbocycles. The number of rotatable bonds is 3. The van der Waals surface area contributed by atoms with Crippen LogP contribution in [0.3, 0.4) is 0 Å². The van der Waals surface area contributed by atoms with E-state index in [1.165, 1.54) is 0 Å². The topological polar surface area (TPSA) is 48.8 Å². The van der Waals surface area contributed by atoms with E-state index in [9.17, 15) is 5.26 Å². The number of methoxy groups -OCH3 is 1. The van der Waals surface area contributed by atoms with Crippen molar-refractivity contribution in [3.8, 4) is 17.2 Å². The Bertz CT molecular complexity index is 796. The second-order valence-corrected chi connectivity index (χ2v) is 4.66. The Morgan fingerprint density at radius 3 is 2.90 bits per heavy atom. The van der Waals surface area contributed by atoms with Crippen LogP contribution in [0.2, 0.25) is 0 Å². The van der Waals surface area contributed by atoms with Crippen LogP contribution in [0.15, 0.2) is 48.7 Å². The molecule has 0 amide bonds. The first-order valence-corrected chi connectivity index (χ1v) is 6.42. The van der Waals surface area contributed by atoms with E-state index in [1.54, 1.807) is 7.11 Å². The van der Waals surface area contributed by atoms with Gasteiger partial charge in [-0.1, -0.05) is 24.3 Å². The number of nitriles is 1. The van der Waals surface area contributed by atoms with E-state index in [2.05, 4.69) is 23.2 Å². The van der Waals surface area contributed by atoms with Gasteiger partial charge in [-0.05, 0) is 34.9 Å². The zero-order chi connectivity index (χ0) is 13.9. The highest BCUT2D eigenvalue weighted by atomic mass is 16.5. The number of H-pyrrole nitrogens is 1. The van der Waals surface area contributed by atoms with Gasteiger partial charge in [-0.15, -0.1) is 0 Å². The minimum atomic E-state index is 0.456. The molecule has 20 heavy (non-hydrogen) atoms. The lowest BCUT2D eigenvalue weighted by atomic mass is 9.97. The summed E-state index contributed by atoms with van der Waals surface area (Å²) in [4.78, 5) is 3.20. The van der Waals surface area contributed by atoms with Crippen LogP contribution in [0.25, 0.3) is 22.0 Å². The summed E-state index contributed by atoms with van der Waals surface area (Å²) >= 11 is 0. The lowest BCUT2D eigenvalue weighted by Crippen LogP contribution is -1.93. The fraction of sp³-hybridized carbons (Fsp3) is 0.118. The molecule has 98 valence electrons. The number of hydrogen-bond acceptors (Lipinski definition) is 2. The average molecular weight is 262 g/mol. The van der Waals surface area contributed by atoms with Crippen LogP contribution in [0, 0.1) is 11.3 Å². The Kier molecular flexibility index (Phi) is 3.24. The van der Waals surface area contributed by atoms with Gasteiger partial charge in [0.1, 0.15) is 0 Å². The summed E-state index contributed by atoms with van der Waals surface area (Å²) in [6.45, 7) is 0.456. The fourth-order valence-corrected chi connectivity index (χ4v) is 2.47. The molecule has 0 bridgehead atoms. The highest BCUT2D eigenvalue weighted by Gasteiger charge is 2.08. The first-order chi connectivity index (χ1) is 9.83. The number of nitrogens with one attached hydrogen (secondary N) is 1. The monoisotopic (exact) mass is 262 g/mol. The van der Waals surface area contributed by atoms with Gasteiger partial charge in [0.2, 0.25) is 0 Å². The standard InChI is InChI=1S/C17H14N2O/c1-20-11-13-6-5-12(9-14(13)10-18)15-3-2-4-17-16(15)7-8-19-17/h2-9,19H,11H2,1H3. The second-order valence-electron chi connectivity index (χ2n) is 4.66. The van der Waals surface area contributed by atoms with Gasteiger partial charge < -0.3 is 9.72 Å². The van der Waals surface area contributed by atoms with E-state index in [1.807, 2.05) is 36.5 Å². The first-order valence-electron chi connectivity index (χ1n) is 6.42. The van der Waals surface area contributed by atoms with Crippen molar-refractivity contribution in [2.45, 2.75) is 6.61 Å². The van der Waals surface area contributed by atoms with Crippen molar-refractivity contribution in [3.05, 3.63) is 59.8 Å². The quantitative estimate of drug-likeness (QED) is 0.779. The molecule has 0 unspecified atom stereocenters. The molecule has 0 atom stereocenters. The normalized spacial score (nSPS) is 10.6. The van der Waals surface area contributed by atoms with Crippen LogP contribution in [-0.2, 0) is 11.3 Å². The van der Waals surface area contributed by atoms with Gasteiger partial charge in [-0.25, -0.2) is 0 Å². The predicted octanol–water partition coefficient (Wildman–Crippen LogP) is 3.85. The van der Waals surface area contributed by atoms with E-state index in [0.717, 1.165) is 27.6 Å². The summed E-state index contributed by atoms with van der Waals surface area (Å²) in [5, 5.41) is 10.4. The molecular formula is C17H14N2O. The Labute approximate surface area is 117 Å². The number of hydrogen-bond donors (Lipinski definition) is 1. The summed E-state index contributed by atoms with van der Waals surface area (Å²) in [6, 6.07) is 16.4. The Morgan fingerprint density at radius 2 is 2.10 bits per heavy atom. The molecule has 0 aliphatic heterocycles. The molecule has 3 heteroatoms. The number of nitrogens with zero attached hydrogens (tertiary/aromatic N) is 1. The first kappa shape index (κ1) is 12.5. The maximum atomic E-state index is 9.28. The minimum absolute atomic E-state index is 0.456. The average Bonchev–Trinajstić information content (AvgIpc) is 2.96. The number of ether oxygens (including phenoxy) is 1. The predicted molar refractivity (Wildman–Crippen MR) is 79.2 cm³/mol. The van der Waals surface area contributed by atoms with Crippen molar-refractivity contribution in [2.75, 3.05) is 7.11 Å². The summed E-state index contributed by atoms with van der Waals surface area (Å²) in [7, 11) is 1.63. The highest BCUT2D eigenvalue weighted by molar-refractivity contribution is 5.95. The second kappa shape index (κ2) is 5.20. The van der Waals surface area contributed by atoms with Crippen molar-refractivity contribution in [1.29, 1.82) is 5.26 Å². The van der Waals surface area contributed by atoms with Crippen molar-refractivity contribution < 1.29 is 4.74 Å². The molecule has 0 aliphatic carbocycles. The fourth-order valence-electron chi connectivity index (χ4n) is 2.47. The number of benzene rings is 2. The summed E-state index contributed by atoms with van der Waals surface area (Å²) in [5.74, 6) is 0.